The molecule has 4 nitrogen and oxygen atoms in total. The predicted octanol–water partition coefficient (Wildman–Crippen LogP) is 1.16. The Morgan fingerprint density at radius 3 is 2.31 bits per heavy atom. The molecule has 0 aliphatic heterocycles. The second-order valence-corrected chi connectivity index (χ2v) is 3.51. The summed E-state index contributed by atoms with van der Waals surface area (Å²) in [6.07, 6.45) is 0.534. The molecular formula is C12H18O4. The third-order valence-electron chi connectivity index (χ3n) is 2.58. The molecule has 0 spiro atoms. The molecule has 4 heteroatoms. The first-order valence-corrected chi connectivity index (χ1v) is 5.20. The largest absolute Gasteiger partial charge is 0.493 e. The average molecular weight is 226 g/mol. The van der Waals surface area contributed by atoms with Crippen LogP contribution in [-0.2, 0) is 0 Å². The lowest BCUT2D eigenvalue weighted by Gasteiger charge is -2.15. The van der Waals surface area contributed by atoms with Gasteiger partial charge in [0, 0.05) is 12.5 Å². The molecule has 0 aliphatic rings. The Bertz CT molecular complexity index is 325. The second kappa shape index (κ2) is 6.35. The van der Waals surface area contributed by atoms with Crippen molar-refractivity contribution in [3.8, 4) is 11.5 Å². The molecule has 2 N–H and O–H groups in total. The third kappa shape index (κ3) is 2.87. The minimum Gasteiger partial charge on any atom is -0.493 e. The molecule has 0 amide bonds. The van der Waals surface area contributed by atoms with E-state index in [0.717, 1.165) is 5.56 Å². The van der Waals surface area contributed by atoms with Crippen molar-refractivity contribution in [2.45, 2.75) is 12.3 Å². The van der Waals surface area contributed by atoms with Crippen LogP contribution in [0.3, 0.4) is 0 Å². The first kappa shape index (κ1) is 12.8. The van der Waals surface area contributed by atoms with E-state index in [0.29, 0.717) is 17.9 Å². The molecule has 0 radical (unpaired) electrons. The van der Waals surface area contributed by atoms with Gasteiger partial charge >= 0.3 is 0 Å². The number of hydrogen-bond acceptors (Lipinski definition) is 4. The van der Waals surface area contributed by atoms with Crippen LogP contribution in [0.15, 0.2) is 18.2 Å². The zero-order valence-electron chi connectivity index (χ0n) is 9.64. The zero-order valence-corrected chi connectivity index (χ0v) is 9.64. The van der Waals surface area contributed by atoms with Gasteiger partial charge in [-0.05, 0) is 24.1 Å². The normalized spacial score (nSPS) is 12.2. The summed E-state index contributed by atoms with van der Waals surface area (Å²) in [6, 6.07) is 5.50. The van der Waals surface area contributed by atoms with Crippen LogP contribution in [-0.4, -0.2) is 37.6 Å². The van der Waals surface area contributed by atoms with E-state index in [9.17, 15) is 5.11 Å². The van der Waals surface area contributed by atoms with Gasteiger partial charge in [-0.3, -0.25) is 0 Å². The van der Waals surface area contributed by atoms with Crippen molar-refractivity contribution < 1.29 is 19.7 Å². The number of benzene rings is 1. The quantitative estimate of drug-likeness (QED) is 0.764. The molecule has 0 saturated heterocycles. The van der Waals surface area contributed by atoms with Gasteiger partial charge in [-0.15, -0.1) is 0 Å². The monoisotopic (exact) mass is 226 g/mol. The number of hydrogen-bond donors (Lipinski definition) is 2. The lowest BCUT2D eigenvalue weighted by molar-refractivity contribution is 0.219. The summed E-state index contributed by atoms with van der Waals surface area (Å²) in [5, 5.41) is 18.1. The average Bonchev–Trinajstić information content (AvgIpc) is 2.35. The third-order valence-corrected chi connectivity index (χ3v) is 2.58. The maximum atomic E-state index is 9.22. The Balaban J connectivity index is 2.96. The highest BCUT2D eigenvalue weighted by Gasteiger charge is 2.12. The van der Waals surface area contributed by atoms with Crippen LogP contribution in [0.1, 0.15) is 17.9 Å². The Morgan fingerprint density at radius 1 is 1.12 bits per heavy atom. The SMILES string of the molecule is COc1ccc(C(CO)CCO)cc1OC. The molecule has 1 aromatic rings. The van der Waals surface area contributed by atoms with Crippen LogP contribution in [0, 0.1) is 0 Å². The van der Waals surface area contributed by atoms with E-state index < -0.39 is 0 Å². The van der Waals surface area contributed by atoms with E-state index in [2.05, 4.69) is 0 Å². The number of ether oxygens (including phenoxy) is 2. The zero-order chi connectivity index (χ0) is 12.0. The van der Waals surface area contributed by atoms with Crippen LogP contribution in [0.25, 0.3) is 0 Å². The summed E-state index contributed by atoms with van der Waals surface area (Å²) in [5.41, 5.74) is 0.939. The summed E-state index contributed by atoms with van der Waals surface area (Å²) in [7, 11) is 3.15. The fourth-order valence-corrected chi connectivity index (χ4v) is 1.63. The first-order chi connectivity index (χ1) is 7.76. The van der Waals surface area contributed by atoms with Crippen molar-refractivity contribution >= 4 is 0 Å². The first-order valence-electron chi connectivity index (χ1n) is 5.20. The standard InChI is InChI=1S/C12H18O4/c1-15-11-4-3-9(7-12(11)16-2)10(8-14)5-6-13/h3-4,7,10,13-14H,5-6,8H2,1-2H3. The number of methoxy groups -OCH3 is 2. The van der Waals surface area contributed by atoms with Gasteiger partial charge in [0.2, 0.25) is 0 Å². The molecule has 0 aliphatic carbocycles. The van der Waals surface area contributed by atoms with Gasteiger partial charge in [-0.1, -0.05) is 6.07 Å². The van der Waals surface area contributed by atoms with Crippen molar-refractivity contribution in [1.29, 1.82) is 0 Å². The van der Waals surface area contributed by atoms with Crippen molar-refractivity contribution in [3.05, 3.63) is 23.8 Å². The molecular weight excluding hydrogens is 208 g/mol. The van der Waals surface area contributed by atoms with Gasteiger partial charge < -0.3 is 19.7 Å². The molecule has 0 fully saturated rings. The van der Waals surface area contributed by atoms with E-state index in [-0.39, 0.29) is 19.1 Å². The lowest BCUT2D eigenvalue weighted by Crippen LogP contribution is -2.06. The molecule has 1 aromatic carbocycles. The molecule has 0 bridgehead atoms. The highest BCUT2D eigenvalue weighted by Crippen LogP contribution is 2.31. The summed E-state index contributed by atoms with van der Waals surface area (Å²) in [5.74, 6) is 1.23. The Hall–Kier alpha value is -1.26. The molecule has 16 heavy (non-hydrogen) atoms. The van der Waals surface area contributed by atoms with Gasteiger partial charge in [-0.25, -0.2) is 0 Å². The highest BCUT2D eigenvalue weighted by molar-refractivity contribution is 5.43. The second-order valence-electron chi connectivity index (χ2n) is 3.51. The van der Waals surface area contributed by atoms with Gasteiger partial charge in [0.25, 0.3) is 0 Å². The van der Waals surface area contributed by atoms with Crippen molar-refractivity contribution in [2.24, 2.45) is 0 Å². The van der Waals surface area contributed by atoms with Gasteiger partial charge in [0.05, 0.1) is 20.8 Å². The highest BCUT2D eigenvalue weighted by atomic mass is 16.5. The predicted molar refractivity (Wildman–Crippen MR) is 61.1 cm³/mol. The molecule has 1 rings (SSSR count). The Morgan fingerprint density at radius 2 is 1.81 bits per heavy atom. The lowest BCUT2D eigenvalue weighted by atomic mass is 9.96. The van der Waals surface area contributed by atoms with Gasteiger partial charge in [0.15, 0.2) is 11.5 Å². The molecule has 0 saturated carbocycles. The summed E-state index contributed by atoms with van der Waals surface area (Å²) in [4.78, 5) is 0. The van der Waals surface area contributed by atoms with Crippen LogP contribution in [0.5, 0.6) is 11.5 Å². The maximum Gasteiger partial charge on any atom is 0.160 e. The van der Waals surface area contributed by atoms with E-state index in [4.69, 9.17) is 14.6 Å². The van der Waals surface area contributed by atoms with E-state index >= 15 is 0 Å². The van der Waals surface area contributed by atoms with Gasteiger partial charge in [-0.2, -0.15) is 0 Å². The number of aliphatic hydroxyl groups excluding tert-OH is 2. The topological polar surface area (TPSA) is 58.9 Å². The maximum absolute atomic E-state index is 9.22. The molecule has 1 unspecified atom stereocenters. The van der Waals surface area contributed by atoms with Crippen LogP contribution in [0.2, 0.25) is 0 Å². The molecule has 90 valence electrons. The van der Waals surface area contributed by atoms with Crippen molar-refractivity contribution in [1.82, 2.24) is 0 Å². The minimum atomic E-state index is -0.0650. The van der Waals surface area contributed by atoms with E-state index in [1.165, 1.54) is 0 Å². The van der Waals surface area contributed by atoms with Crippen molar-refractivity contribution in [2.75, 3.05) is 27.4 Å². The minimum absolute atomic E-state index is 0.00996. The summed E-state index contributed by atoms with van der Waals surface area (Å²) >= 11 is 0. The molecule has 0 heterocycles. The Kier molecular flexibility index (Phi) is 5.08. The molecule has 1 atom stereocenters. The van der Waals surface area contributed by atoms with Crippen LogP contribution in [0.4, 0.5) is 0 Å². The van der Waals surface area contributed by atoms with Crippen molar-refractivity contribution in [3.63, 3.8) is 0 Å². The molecule has 0 aromatic heterocycles. The smallest absolute Gasteiger partial charge is 0.160 e. The van der Waals surface area contributed by atoms with E-state index in [1.54, 1.807) is 20.3 Å². The van der Waals surface area contributed by atoms with Gasteiger partial charge in [0.1, 0.15) is 0 Å². The van der Waals surface area contributed by atoms with Crippen LogP contribution >= 0.6 is 0 Å². The number of aliphatic hydroxyl groups is 2. The number of rotatable bonds is 6. The fraction of sp³-hybridized carbons (Fsp3) is 0.500. The summed E-state index contributed by atoms with van der Waals surface area (Å²) < 4.78 is 10.3. The van der Waals surface area contributed by atoms with Crippen LogP contribution < -0.4 is 9.47 Å². The summed E-state index contributed by atoms with van der Waals surface area (Å²) in [6.45, 7) is 0.0651. The Labute approximate surface area is 95.4 Å². The fourth-order valence-electron chi connectivity index (χ4n) is 1.63. The van der Waals surface area contributed by atoms with E-state index in [1.807, 2.05) is 12.1 Å².